The fourth-order valence-electron chi connectivity index (χ4n) is 1.97. The summed E-state index contributed by atoms with van der Waals surface area (Å²) >= 11 is 0. The second kappa shape index (κ2) is 5.68. The zero-order valence-corrected chi connectivity index (χ0v) is 13.8. The van der Waals surface area contributed by atoms with Gasteiger partial charge in [-0.1, -0.05) is 19.8 Å². The van der Waals surface area contributed by atoms with Gasteiger partial charge in [-0.05, 0) is 12.1 Å². The monoisotopic (exact) mass is 262 g/mol. The average molecular weight is 263 g/mol. The minimum atomic E-state index is 0. The first-order valence-corrected chi connectivity index (χ1v) is 4.83. The molecular formula is C10H13N2ORb. The molecule has 0 saturated carbocycles. The predicted octanol–water partition coefficient (Wildman–Crippen LogP) is -1.76. The summed E-state index contributed by atoms with van der Waals surface area (Å²) in [6, 6.07) is 0. The van der Waals surface area contributed by atoms with Crippen LogP contribution in [0.15, 0.2) is 0 Å². The van der Waals surface area contributed by atoms with Gasteiger partial charge in [0.25, 0.3) is 0 Å². The van der Waals surface area contributed by atoms with Crippen molar-refractivity contribution in [2.75, 3.05) is 0 Å². The summed E-state index contributed by atoms with van der Waals surface area (Å²) in [7, 11) is 0. The van der Waals surface area contributed by atoms with Gasteiger partial charge in [0.15, 0.2) is 0 Å². The Balaban J connectivity index is 0.000000980. The number of fused-ring (bicyclic) bond motifs is 1. The maximum absolute atomic E-state index is 10.6. The number of imidazole rings is 1. The van der Waals surface area contributed by atoms with Crippen LogP contribution in [0.5, 0.6) is 0 Å². The molecule has 0 N–H and O–H groups in total. The molecule has 2 heterocycles. The molecule has 1 aliphatic heterocycles. The van der Waals surface area contributed by atoms with Gasteiger partial charge in [-0.25, -0.2) is 0 Å². The first-order valence-electron chi connectivity index (χ1n) is 4.83. The van der Waals surface area contributed by atoms with Crippen molar-refractivity contribution < 1.29 is 63.0 Å². The molecule has 0 radical (unpaired) electrons. The third-order valence-corrected chi connectivity index (χ3v) is 2.61. The normalized spacial score (nSPS) is 14.4. The van der Waals surface area contributed by atoms with E-state index >= 15 is 0 Å². The number of aromatic nitrogens is 2. The first-order chi connectivity index (χ1) is 6.36. The van der Waals surface area contributed by atoms with Crippen LogP contribution in [0.25, 0.3) is 0 Å². The SMILES string of the molecule is CCc1nc([C-]=O)c2n1CCCC2.[Rb+]. The fourth-order valence-corrected chi connectivity index (χ4v) is 1.97. The number of hydrogen-bond acceptors (Lipinski definition) is 2. The summed E-state index contributed by atoms with van der Waals surface area (Å²) in [6.07, 6.45) is 6.18. The molecule has 1 aromatic rings. The van der Waals surface area contributed by atoms with Crippen molar-refractivity contribution in [3.05, 3.63) is 17.2 Å². The van der Waals surface area contributed by atoms with Crippen LogP contribution >= 0.6 is 0 Å². The summed E-state index contributed by atoms with van der Waals surface area (Å²) in [5.41, 5.74) is 1.63. The van der Waals surface area contributed by atoms with E-state index in [1.807, 2.05) is 6.29 Å². The van der Waals surface area contributed by atoms with Crippen molar-refractivity contribution in [1.82, 2.24) is 9.55 Å². The maximum Gasteiger partial charge on any atom is 1.00 e. The molecule has 0 atom stereocenters. The molecule has 14 heavy (non-hydrogen) atoms. The van der Waals surface area contributed by atoms with Gasteiger partial charge in [0, 0.05) is 19.3 Å². The van der Waals surface area contributed by atoms with Crippen LogP contribution in [0.1, 0.15) is 37.0 Å². The Labute approximate surface area is 133 Å². The summed E-state index contributed by atoms with van der Waals surface area (Å²) in [5, 5.41) is 0. The Bertz CT molecular complexity index is 333. The molecule has 0 fully saturated rings. The van der Waals surface area contributed by atoms with Gasteiger partial charge < -0.3 is 9.36 Å². The van der Waals surface area contributed by atoms with Crippen molar-refractivity contribution >= 4 is 6.29 Å². The van der Waals surface area contributed by atoms with Gasteiger partial charge in [0.1, 0.15) is 0 Å². The van der Waals surface area contributed by atoms with Crippen LogP contribution in [0.2, 0.25) is 0 Å². The number of carbonyl (C=O) groups excluding carboxylic acids is 1. The van der Waals surface area contributed by atoms with Crippen LogP contribution < -0.4 is 58.2 Å². The quantitative estimate of drug-likeness (QED) is 0.592. The van der Waals surface area contributed by atoms with Gasteiger partial charge in [0.05, 0.1) is 5.82 Å². The minimum absolute atomic E-state index is 0. The molecule has 2 rings (SSSR count). The Morgan fingerprint density at radius 1 is 1.50 bits per heavy atom. The van der Waals surface area contributed by atoms with E-state index in [0.717, 1.165) is 30.9 Å². The summed E-state index contributed by atoms with van der Waals surface area (Å²) in [4.78, 5) is 14.9. The predicted molar refractivity (Wildman–Crippen MR) is 49.3 cm³/mol. The van der Waals surface area contributed by atoms with Crippen LogP contribution in [-0.4, -0.2) is 15.8 Å². The zero-order valence-electron chi connectivity index (χ0n) is 8.84. The summed E-state index contributed by atoms with van der Waals surface area (Å²) in [6.45, 7) is 3.09. The summed E-state index contributed by atoms with van der Waals surface area (Å²) in [5.74, 6) is 1.04. The molecule has 0 aliphatic carbocycles. The molecule has 0 bridgehead atoms. The van der Waals surface area contributed by atoms with Crippen molar-refractivity contribution in [1.29, 1.82) is 0 Å². The van der Waals surface area contributed by atoms with Crippen molar-refractivity contribution in [3.63, 3.8) is 0 Å². The molecule has 1 aliphatic rings. The van der Waals surface area contributed by atoms with Crippen molar-refractivity contribution in [2.24, 2.45) is 0 Å². The van der Waals surface area contributed by atoms with E-state index in [1.165, 1.54) is 12.8 Å². The van der Waals surface area contributed by atoms with Crippen molar-refractivity contribution in [3.8, 4) is 0 Å². The number of hydrogen-bond donors (Lipinski definition) is 0. The van der Waals surface area contributed by atoms with Gasteiger partial charge in [-0.2, -0.15) is 0 Å². The molecule has 0 saturated heterocycles. The van der Waals surface area contributed by atoms with E-state index in [4.69, 9.17) is 0 Å². The second-order valence-electron chi connectivity index (χ2n) is 3.39. The van der Waals surface area contributed by atoms with E-state index < -0.39 is 0 Å². The van der Waals surface area contributed by atoms with E-state index in [2.05, 4.69) is 16.5 Å². The Kier molecular flexibility index (Phi) is 5.18. The Hall–Kier alpha value is 0.685. The van der Waals surface area contributed by atoms with E-state index in [9.17, 15) is 4.79 Å². The van der Waals surface area contributed by atoms with Crippen molar-refractivity contribution in [2.45, 2.75) is 39.2 Å². The summed E-state index contributed by atoms with van der Waals surface area (Å²) < 4.78 is 2.18. The Morgan fingerprint density at radius 2 is 2.29 bits per heavy atom. The Morgan fingerprint density at radius 3 is 2.93 bits per heavy atom. The molecule has 4 heteroatoms. The minimum Gasteiger partial charge on any atom is -0.417 e. The van der Waals surface area contributed by atoms with Gasteiger partial charge in [-0.3, -0.25) is 4.98 Å². The molecule has 0 spiro atoms. The molecule has 1 aromatic heterocycles. The van der Waals surface area contributed by atoms with Gasteiger partial charge >= 0.3 is 58.2 Å². The van der Waals surface area contributed by atoms with E-state index in [1.54, 1.807) is 0 Å². The van der Waals surface area contributed by atoms with E-state index in [0.29, 0.717) is 5.69 Å². The molecular weight excluding hydrogens is 250 g/mol. The van der Waals surface area contributed by atoms with Gasteiger partial charge in [-0.15, -0.1) is 5.69 Å². The number of rotatable bonds is 2. The smallest absolute Gasteiger partial charge is 0.417 e. The third kappa shape index (κ3) is 2.26. The average Bonchev–Trinajstić information content (AvgIpc) is 2.56. The molecule has 3 nitrogen and oxygen atoms in total. The fraction of sp³-hybridized carbons (Fsp3) is 0.600. The van der Waals surface area contributed by atoms with Gasteiger partial charge in [0.2, 0.25) is 0 Å². The molecule has 0 unspecified atom stereocenters. The molecule has 0 aromatic carbocycles. The van der Waals surface area contributed by atoms with E-state index in [-0.39, 0.29) is 58.2 Å². The number of nitrogens with zero attached hydrogens (tertiary/aromatic N) is 2. The molecule has 70 valence electrons. The molecule has 0 amide bonds. The maximum atomic E-state index is 10.6. The second-order valence-corrected chi connectivity index (χ2v) is 3.39. The topological polar surface area (TPSA) is 34.9 Å². The third-order valence-electron chi connectivity index (χ3n) is 2.61. The zero-order chi connectivity index (χ0) is 9.26. The van der Waals surface area contributed by atoms with Crippen LogP contribution in [0.3, 0.4) is 0 Å². The van der Waals surface area contributed by atoms with Crippen LogP contribution in [0.4, 0.5) is 0 Å². The standard InChI is InChI=1S/C10H13N2O.Rb/c1-2-10-11-8(7-13)9-5-3-4-6-12(9)10;/h2-6H2,1H3;/q-1;+1. The number of aryl methyl sites for hydroxylation is 1. The van der Waals surface area contributed by atoms with Crippen LogP contribution in [0, 0.1) is 0 Å². The van der Waals surface area contributed by atoms with Crippen LogP contribution in [-0.2, 0) is 24.2 Å². The first kappa shape index (κ1) is 12.8. The largest absolute Gasteiger partial charge is 1.00 e.